The molecule has 0 aliphatic carbocycles. The Bertz CT molecular complexity index is 469. The van der Waals surface area contributed by atoms with Crippen molar-refractivity contribution in [2.45, 2.75) is 32.6 Å². The highest BCUT2D eigenvalue weighted by Crippen LogP contribution is 2.24. The first kappa shape index (κ1) is 17.0. The normalized spacial score (nSPS) is 12.2. The minimum atomic E-state index is -0.666. The molecule has 0 heterocycles. The van der Waals surface area contributed by atoms with Crippen LogP contribution in [0, 0.1) is 17.6 Å². The molecule has 0 radical (unpaired) electrons. The van der Waals surface area contributed by atoms with Gasteiger partial charge < -0.3 is 11.1 Å². The number of halogens is 3. The van der Waals surface area contributed by atoms with Crippen LogP contribution in [0.3, 0.4) is 0 Å². The van der Waals surface area contributed by atoms with E-state index in [4.69, 9.17) is 5.73 Å². The molecule has 3 N–H and O–H groups in total. The van der Waals surface area contributed by atoms with Crippen molar-refractivity contribution in [3.05, 3.63) is 28.2 Å². The van der Waals surface area contributed by atoms with E-state index in [9.17, 15) is 13.6 Å². The Labute approximate surface area is 126 Å². The van der Waals surface area contributed by atoms with Crippen LogP contribution in [0.4, 0.5) is 14.5 Å². The molecule has 0 aliphatic rings. The number of benzene rings is 1. The van der Waals surface area contributed by atoms with Gasteiger partial charge in [0.1, 0.15) is 11.6 Å². The van der Waals surface area contributed by atoms with E-state index in [1.165, 1.54) is 0 Å². The molecule has 0 fully saturated rings. The van der Waals surface area contributed by atoms with Crippen LogP contribution in [0.1, 0.15) is 32.6 Å². The molecule has 112 valence electrons. The third-order valence-electron chi connectivity index (χ3n) is 3.22. The lowest BCUT2D eigenvalue weighted by Gasteiger charge is -2.13. The number of nitrogens with one attached hydrogen (secondary N) is 1. The highest BCUT2D eigenvalue weighted by Gasteiger charge is 2.13. The summed E-state index contributed by atoms with van der Waals surface area (Å²) in [7, 11) is 0. The molecule has 20 heavy (non-hydrogen) atoms. The minimum absolute atomic E-state index is 0.0296. The van der Waals surface area contributed by atoms with Crippen molar-refractivity contribution in [2.75, 3.05) is 11.9 Å². The maximum atomic E-state index is 13.5. The summed E-state index contributed by atoms with van der Waals surface area (Å²) >= 11 is 2.88. The standard InChI is InChI=1S/C14H19BrF2N2O/c1-2-9(5-6-18)3-4-14(20)19-13-8-11(16)10(15)7-12(13)17/h7-9H,2-6,18H2,1H3,(H,19,20). The van der Waals surface area contributed by atoms with Gasteiger partial charge in [-0.1, -0.05) is 13.3 Å². The van der Waals surface area contributed by atoms with E-state index in [0.717, 1.165) is 25.0 Å². The number of hydrogen-bond acceptors (Lipinski definition) is 2. The first-order valence-electron chi connectivity index (χ1n) is 6.62. The minimum Gasteiger partial charge on any atom is -0.330 e. The highest BCUT2D eigenvalue weighted by atomic mass is 79.9. The molecule has 1 rings (SSSR count). The van der Waals surface area contributed by atoms with E-state index in [1.54, 1.807) is 0 Å². The van der Waals surface area contributed by atoms with Crippen molar-refractivity contribution in [3.8, 4) is 0 Å². The van der Waals surface area contributed by atoms with Gasteiger partial charge in [0.05, 0.1) is 10.2 Å². The van der Waals surface area contributed by atoms with E-state index in [-0.39, 0.29) is 22.5 Å². The molecule has 1 aromatic carbocycles. The molecule has 3 nitrogen and oxygen atoms in total. The van der Waals surface area contributed by atoms with Crippen LogP contribution in [0.15, 0.2) is 16.6 Å². The average molecular weight is 349 g/mol. The van der Waals surface area contributed by atoms with Crippen LogP contribution >= 0.6 is 15.9 Å². The molecule has 1 unspecified atom stereocenters. The van der Waals surface area contributed by atoms with Gasteiger partial charge in [-0.2, -0.15) is 0 Å². The third kappa shape index (κ3) is 5.17. The van der Waals surface area contributed by atoms with E-state index in [1.807, 2.05) is 6.92 Å². The lowest BCUT2D eigenvalue weighted by atomic mass is 9.96. The number of hydrogen-bond donors (Lipinski definition) is 2. The summed E-state index contributed by atoms with van der Waals surface area (Å²) in [5, 5.41) is 2.39. The van der Waals surface area contributed by atoms with Crippen LogP contribution in [0.25, 0.3) is 0 Å². The van der Waals surface area contributed by atoms with Gasteiger partial charge in [0.15, 0.2) is 0 Å². The Morgan fingerprint density at radius 3 is 2.65 bits per heavy atom. The second-order valence-electron chi connectivity index (χ2n) is 4.68. The summed E-state index contributed by atoms with van der Waals surface area (Å²) in [6, 6.07) is 1.96. The Morgan fingerprint density at radius 2 is 2.05 bits per heavy atom. The SMILES string of the molecule is CCC(CCN)CCC(=O)Nc1cc(F)c(Br)cc1F. The molecule has 0 saturated heterocycles. The van der Waals surface area contributed by atoms with E-state index < -0.39 is 11.6 Å². The van der Waals surface area contributed by atoms with Gasteiger partial charge >= 0.3 is 0 Å². The summed E-state index contributed by atoms with van der Waals surface area (Å²) < 4.78 is 26.9. The summed E-state index contributed by atoms with van der Waals surface area (Å²) in [4.78, 5) is 11.7. The average Bonchev–Trinajstić information content (AvgIpc) is 2.40. The monoisotopic (exact) mass is 348 g/mol. The first-order valence-corrected chi connectivity index (χ1v) is 7.41. The maximum Gasteiger partial charge on any atom is 0.224 e. The number of anilines is 1. The molecule has 0 saturated carbocycles. The maximum absolute atomic E-state index is 13.5. The molecule has 0 bridgehead atoms. The fourth-order valence-corrected chi connectivity index (χ4v) is 2.27. The number of rotatable bonds is 7. The van der Waals surface area contributed by atoms with Crippen molar-refractivity contribution in [1.29, 1.82) is 0 Å². The predicted octanol–water partition coefficient (Wildman–Crippen LogP) is 3.82. The summed E-state index contributed by atoms with van der Waals surface area (Å²) in [6.45, 7) is 2.63. The third-order valence-corrected chi connectivity index (χ3v) is 3.82. The Balaban J connectivity index is 2.56. The fourth-order valence-electron chi connectivity index (χ4n) is 1.95. The van der Waals surface area contributed by atoms with Gasteiger partial charge in [0.2, 0.25) is 5.91 Å². The van der Waals surface area contributed by atoms with E-state index in [2.05, 4.69) is 21.2 Å². The van der Waals surface area contributed by atoms with Crippen LogP contribution in [0.2, 0.25) is 0 Å². The predicted molar refractivity (Wildman–Crippen MR) is 79.4 cm³/mol. The van der Waals surface area contributed by atoms with E-state index >= 15 is 0 Å². The zero-order chi connectivity index (χ0) is 15.1. The van der Waals surface area contributed by atoms with Gasteiger partial charge in [-0.25, -0.2) is 8.78 Å². The molecule has 0 spiro atoms. The second kappa shape index (κ2) is 8.32. The zero-order valence-corrected chi connectivity index (χ0v) is 13.0. The Hall–Kier alpha value is -1.01. The second-order valence-corrected chi connectivity index (χ2v) is 5.54. The summed E-state index contributed by atoms with van der Waals surface area (Å²) in [6.07, 6.45) is 2.78. The van der Waals surface area contributed by atoms with E-state index in [0.29, 0.717) is 18.9 Å². The lowest BCUT2D eigenvalue weighted by Crippen LogP contribution is -2.16. The largest absolute Gasteiger partial charge is 0.330 e. The summed E-state index contributed by atoms with van der Waals surface area (Å²) in [5.41, 5.74) is 5.35. The van der Waals surface area contributed by atoms with Crippen molar-refractivity contribution < 1.29 is 13.6 Å². The van der Waals surface area contributed by atoms with Gasteiger partial charge in [-0.3, -0.25) is 4.79 Å². The van der Waals surface area contributed by atoms with Crippen molar-refractivity contribution in [3.63, 3.8) is 0 Å². The molecule has 6 heteroatoms. The highest BCUT2D eigenvalue weighted by molar-refractivity contribution is 9.10. The van der Waals surface area contributed by atoms with Crippen molar-refractivity contribution in [2.24, 2.45) is 11.7 Å². The fraction of sp³-hybridized carbons (Fsp3) is 0.500. The zero-order valence-electron chi connectivity index (χ0n) is 11.4. The van der Waals surface area contributed by atoms with Gasteiger partial charge in [-0.05, 0) is 47.3 Å². The van der Waals surface area contributed by atoms with Gasteiger partial charge in [-0.15, -0.1) is 0 Å². The number of nitrogens with two attached hydrogens (primary N) is 1. The number of carbonyl (C=O) groups excluding carboxylic acids is 1. The van der Waals surface area contributed by atoms with Crippen LogP contribution < -0.4 is 11.1 Å². The Morgan fingerprint density at radius 1 is 1.35 bits per heavy atom. The lowest BCUT2D eigenvalue weighted by molar-refractivity contribution is -0.116. The molecule has 0 aliphatic heterocycles. The van der Waals surface area contributed by atoms with Crippen molar-refractivity contribution >= 4 is 27.5 Å². The molecule has 1 atom stereocenters. The van der Waals surface area contributed by atoms with Crippen LogP contribution in [0.5, 0.6) is 0 Å². The number of carbonyl (C=O) groups is 1. The topological polar surface area (TPSA) is 55.1 Å². The number of amides is 1. The van der Waals surface area contributed by atoms with Crippen molar-refractivity contribution in [1.82, 2.24) is 0 Å². The van der Waals surface area contributed by atoms with Gasteiger partial charge in [0.25, 0.3) is 0 Å². The van der Waals surface area contributed by atoms with Gasteiger partial charge in [0, 0.05) is 12.5 Å². The molecule has 1 amide bonds. The molecular weight excluding hydrogens is 330 g/mol. The van der Waals surface area contributed by atoms with Crippen LogP contribution in [-0.2, 0) is 4.79 Å². The molecule has 0 aromatic heterocycles. The Kier molecular flexibility index (Phi) is 7.09. The summed E-state index contributed by atoms with van der Waals surface area (Å²) in [5.74, 6) is -1.21. The first-order chi connectivity index (χ1) is 9.47. The molecule has 1 aromatic rings. The molecular formula is C14H19BrF2N2O. The smallest absolute Gasteiger partial charge is 0.224 e. The quantitative estimate of drug-likeness (QED) is 0.736. The van der Waals surface area contributed by atoms with Crippen LogP contribution in [-0.4, -0.2) is 12.5 Å².